The molecule has 0 amide bonds. The van der Waals surface area contributed by atoms with Crippen molar-refractivity contribution >= 4 is 61.0 Å². The number of benzene rings is 8. The van der Waals surface area contributed by atoms with E-state index in [9.17, 15) is 0 Å². The molecule has 0 fully saturated rings. The molecule has 2 aliphatic heterocycles. The zero-order valence-electron chi connectivity index (χ0n) is 35.9. The van der Waals surface area contributed by atoms with Gasteiger partial charge in [0.15, 0.2) is 0 Å². The molecular formula is C59H46N4. The van der Waals surface area contributed by atoms with Crippen molar-refractivity contribution in [2.45, 2.75) is 38.5 Å². The van der Waals surface area contributed by atoms with E-state index < -0.39 is 0 Å². The van der Waals surface area contributed by atoms with E-state index in [0.717, 1.165) is 34.0 Å². The summed E-state index contributed by atoms with van der Waals surface area (Å²) in [7, 11) is 0. The lowest BCUT2D eigenvalue weighted by Crippen LogP contribution is -2.36. The smallest absolute Gasteiger partial charge is 0.0764 e. The van der Waals surface area contributed by atoms with Gasteiger partial charge in [-0.05, 0) is 106 Å². The highest BCUT2D eigenvalue weighted by molar-refractivity contribution is 6.10. The van der Waals surface area contributed by atoms with Crippen LogP contribution in [0.4, 0.5) is 28.4 Å². The van der Waals surface area contributed by atoms with Gasteiger partial charge >= 0.3 is 0 Å². The van der Waals surface area contributed by atoms with Crippen LogP contribution in [0.25, 0.3) is 60.6 Å². The Kier molecular flexibility index (Phi) is 8.20. The van der Waals surface area contributed by atoms with Crippen LogP contribution in [0.3, 0.4) is 0 Å². The zero-order chi connectivity index (χ0) is 42.5. The molecule has 2 aromatic heterocycles. The molecule has 0 atom stereocenters. The molecule has 0 N–H and O–H groups in total. The first kappa shape index (κ1) is 37.1. The van der Waals surface area contributed by atoms with E-state index in [4.69, 9.17) is 4.98 Å². The molecule has 0 saturated carbocycles. The van der Waals surface area contributed by atoms with Crippen molar-refractivity contribution in [3.63, 3.8) is 0 Å². The number of allylic oxidation sites excluding steroid dienone is 1. The number of pyridine rings is 1. The summed E-state index contributed by atoms with van der Waals surface area (Å²) in [5.74, 6) is 0. The zero-order valence-corrected chi connectivity index (χ0v) is 35.9. The first-order chi connectivity index (χ1) is 30.7. The second-order valence-electron chi connectivity index (χ2n) is 18.2. The molecule has 0 bridgehead atoms. The van der Waals surface area contributed by atoms with Gasteiger partial charge in [-0.25, -0.2) is 0 Å². The SMILES string of the molecule is CC1(C)C=CN2c3ccccc3C(C)(C)c3cnc(-c4ccc5cc(-c6ccc(N(c7ccccc7)c7ccc8c(c7)c7ccccc7n8-c7ccccc7)cc6)ccc5c4)c1c32. The topological polar surface area (TPSA) is 24.3 Å². The maximum Gasteiger partial charge on any atom is 0.0764 e. The lowest BCUT2D eigenvalue weighted by molar-refractivity contribution is 0.603. The largest absolute Gasteiger partial charge is 0.316 e. The molecule has 12 rings (SSSR count). The minimum Gasteiger partial charge on any atom is -0.316 e. The third-order valence-electron chi connectivity index (χ3n) is 13.6. The highest BCUT2D eigenvalue weighted by atomic mass is 15.2. The van der Waals surface area contributed by atoms with Crippen LogP contribution in [0.5, 0.6) is 0 Å². The number of para-hydroxylation sites is 4. The van der Waals surface area contributed by atoms with E-state index in [2.05, 4.69) is 249 Å². The average Bonchev–Trinajstić information content (AvgIpc) is 3.65. The van der Waals surface area contributed by atoms with Crippen LogP contribution < -0.4 is 9.80 Å². The van der Waals surface area contributed by atoms with Gasteiger partial charge in [0.1, 0.15) is 0 Å². The average molecular weight is 811 g/mol. The van der Waals surface area contributed by atoms with Crippen molar-refractivity contribution in [3.05, 3.63) is 223 Å². The molecule has 8 aromatic carbocycles. The third-order valence-corrected chi connectivity index (χ3v) is 13.6. The molecule has 4 nitrogen and oxygen atoms in total. The molecule has 63 heavy (non-hydrogen) atoms. The summed E-state index contributed by atoms with van der Waals surface area (Å²) in [6, 6.07) is 68.4. The number of anilines is 5. The molecule has 4 heterocycles. The molecule has 0 saturated heterocycles. The number of hydrogen-bond donors (Lipinski definition) is 0. The van der Waals surface area contributed by atoms with Gasteiger partial charge in [-0.15, -0.1) is 0 Å². The van der Waals surface area contributed by atoms with Crippen molar-refractivity contribution in [1.29, 1.82) is 0 Å². The van der Waals surface area contributed by atoms with Crippen LogP contribution in [0.15, 0.2) is 207 Å². The minimum atomic E-state index is -0.191. The van der Waals surface area contributed by atoms with Crippen LogP contribution in [-0.4, -0.2) is 9.55 Å². The summed E-state index contributed by atoms with van der Waals surface area (Å²) in [5.41, 5.74) is 17.5. The van der Waals surface area contributed by atoms with Crippen molar-refractivity contribution < 1.29 is 0 Å². The predicted molar refractivity (Wildman–Crippen MR) is 265 cm³/mol. The van der Waals surface area contributed by atoms with E-state index in [0.29, 0.717) is 0 Å². The van der Waals surface area contributed by atoms with Gasteiger partial charge in [0.25, 0.3) is 0 Å². The Hall–Kier alpha value is -7.69. The highest BCUT2D eigenvalue weighted by Gasteiger charge is 2.42. The Morgan fingerprint density at radius 1 is 0.492 bits per heavy atom. The maximum atomic E-state index is 5.28. The summed E-state index contributed by atoms with van der Waals surface area (Å²) < 4.78 is 2.37. The van der Waals surface area contributed by atoms with E-state index >= 15 is 0 Å². The van der Waals surface area contributed by atoms with Gasteiger partial charge in [-0.3, -0.25) is 4.98 Å². The summed E-state index contributed by atoms with van der Waals surface area (Å²) in [5, 5.41) is 4.87. The molecule has 0 unspecified atom stereocenters. The summed E-state index contributed by atoms with van der Waals surface area (Å²) in [6.45, 7) is 9.30. The summed E-state index contributed by atoms with van der Waals surface area (Å²) in [6.07, 6.45) is 6.73. The van der Waals surface area contributed by atoms with Crippen LogP contribution in [0.2, 0.25) is 0 Å². The van der Waals surface area contributed by atoms with Gasteiger partial charge < -0.3 is 14.4 Å². The fourth-order valence-corrected chi connectivity index (χ4v) is 10.4. The lowest BCUT2D eigenvalue weighted by Gasteiger charge is -2.46. The Morgan fingerprint density at radius 2 is 1.11 bits per heavy atom. The third kappa shape index (κ3) is 5.78. The van der Waals surface area contributed by atoms with Crippen molar-refractivity contribution in [1.82, 2.24) is 9.55 Å². The number of hydrogen-bond acceptors (Lipinski definition) is 3. The van der Waals surface area contributed by atoms with Crippen LogP contribution in [0, 0.1) is 0 Å². The van der Waals surface area contributed by atoms with Gasteiger partial charge in [-0.1, -0.05) is 143 Å². The Labute approximate surface area is 368 Å². The molecule has 10 aromatic rings. The van der Waals surface area contributed by atoms with E-state index in [1.165, 1.54) is 71.8 Å². The van der Waals surface area contributed by atoms with Crippen LogP contribution in [0.1, 0.15) is 44.4 Å². The second-order valence-corrected chi connectivity index (χ2v) is 18.2. The van der Waals surface area contributed by atoms with E-state index in [-0.39, 0.29) is 10.8 Å². The number of fused-ring (bicyclic) bond motifs is 6. The molecular weight excluding hydrogens is 765 g/mol. The second kappa shape index (κ2) is 13.9. The van der Waals surface area contributed by atoms with Crippen molar-refractivity contribution in [2.24, 2.45) is 0 Å². The first-order valence-corrected chi connectivity index (χ1v) is 22.0. The molecule has 302 valence electrons. The predicted octanol–water partition coefficient (Wildman–Crippen LogP) is 15.7. The fraction of sp³-hybridized carbons (Fsp3) is 0.102. The lowest BCUT2D eigenvalue weighted by atomic mass is 9.69. The Morgan fingerprint density at radius 3 is 1.90 bits per heavy atom. The molecule has 4 heteroatoms. The number of aromatic nitrogens is 2. The maximum absolute atomic E-state index is 5.28. The molecule has 0 radical (unpaired) electrons. The van der Waals surface area contributed by atoms with Gasteiger partial charge in [0.05, 0.1) is 22.4 Å². The molecule has 0 aliphatic carbocycles. The van der Waals surface area contributed by atoms with Crippen LogP contribution >= 0.6 is 0 Å². The number of rotatable bonds is 6. The Balaban J connectivity index is 0.899. The first-order valence-electron chi connectivity index (χ1n) is 22.0. The standard InChI is InChI=1S/C59H46N4/c1-58(2)33-34-61-54-22-14-12-20-50(54)59(3,4)51-38-60-56(55(58)57(51)61)43-26-25-41-35-40(23-24-42(41)36-43)39-27-29-46(30-28-39)62(44-15-7-5-8-16-44)47-31-32-53-49(37-47)48-19-11-13-21-52(48)63(53)45-17-9-6-10-18-45/h5-38H,1-4H3. The minimum absolute atomic E-state index is 0.165. The van der Waals surface area contributed by atoms with Crippen molar-refractivity contribution in [3.8, 4) is 28.1 Å². The summed E-state index contributed by atoms with van der Waals surface area (Å²) in [4.78, 5) is 10.0. The molecule has 0 spiro atoms. The fourth-order valence-electron chi connectivity index (χ4n) is 10.4. The number of nitrogens with zero attached hydrogens (tertiary/aromatic N) is 4. The molecule has 2 aliphatic rings. The normalized spacial score (nSPS) is 14.5. The van der Waals surface area contributed by atoms with Gasteiger partial charge in [-0.2, -0.15) is 0 Å². The van der Waals surface area contributed by atoms with Crippen LogP contribution in [-0.2, 0) is 10.8 Å². The highest BCUT2D eigenvalue weighted by Crippen LogP contribution is 2.56. The monoisotopic (exact) mass is 810 g/mol. The Bertz CT molecular complexity index is 3450. The van der Waals surface area contributed by atoms with Gasteiger partial charge in [0.2, 0.25) is 0 Å². The summed E-state index contributed by atoms with van der Waals surface area (Å²) >= 11 is 0. The van der Waals surface area contributed by atoms with E-state index in [1.54, 1.807) is 0 Å². The van der Waals surface area contributed by atoms with Gasteiger partial charge in [0, 0.05) is 79.1 Å². The van der Waals surface area contributed by atoms with Crippen molar-refractivity contribution in [2.75, 3.05) is 9.80 Å². The van der Waals surface area contributed by atoms with E-state index in [1.807, 2.05) is 0 Å². The quantitative estimate of drug-likeness (QED) is 0.167.